The Balaban J connectivity index is 2.40. The first-order valence-electron chi connectivity index (χ1n) is 6.34. The molecule has 2 aromatic carbocycles. The lowest BCUT2D eigenvalue weighted by Gasteiger charge is -2.10. The molecule has 0 aliphatic heterocycles. The molecule has 0 heterocycles. The first-order chi connectivity index (χ1) is 9.24. The molecule has 1 nitrogen and oxygen atoms in total. The van der Waals surface area contributed by atoms with Gasteiger partial charge in [0.2, 0.25) is 0 Å². The molecule has 2 heteroatoms. The lowest BCUT2D eigenvalue weighted by atomic mass is 10.0. The maximum atomic E-state index is 5.26. The second kappa shape index (κ2) is 6.75. The fourth-order valence-corrected chi connectivity index (χ4v) is 2.84. The molecule has 0 amide bonds. The molecule has 0 fully saturated rings. The van der Waals surface area contributed by atoms with E-state index in [9.17, 15) is 0 Å². The molecule has 0 unspecified atom stereocenters. The monoisotopic (exact) mass is 364 g/mol. The first kappa shape index (κ1) is 14.1. The van der Waals surface area contributed by atoms with Crippen LogP contribution >= 0.6 is 22.6 Å². The second-order valence-electron chi connectivity index (χ2n) is 4.28. The number of allylic oxidation sites excluding steroid dienone is 1. The third-order valence-electron chi connectivity index (χ3n) is 3.04. The standard InChI is InChI=1S/C17H17IO/c1-3-14(11-13-7-5-4-6-8-13)16-10-9-15(19-2)12-17(16)18/h4-12H,3H2,1-2H3/b14-11+. The number of rotatable bonds is 4. The zero-order valence-corrected chi connectivity index (χ0v) is 13.3. The molecule has 0 bridgehead atoms. The predicted molar refractivity (Wildman–Crippen MR) is 90.3 cm³/mol. The van der Waals surface area contributed by atoms with Gasteiger partial charge in [-0.25, -0.2) is 0 Å². The van der Waals surface area contributed by atoms with Crippen molar-refractivity contribution in [3.05, 3.63) is 63.2 Å². The third kappa shape index (κ3) is 3.60. The van der Waals surface area contributed by atoms with Gasteiger partial charge in [-0.3, -0.25) is 0 Å². The summed E-state index contributed by atoms with van der Waals surface area (Å²) >= 11 is 2.37. The molecule has 2 rings (SSSR count). The molecule has 0 saturated carbocycles. The van der Waals surface area contributed by atoms with Crippen LogP contribution in [0.4, 0.5) is 0 Å². The van der Waals surface area contributed by atoms with Gasteiger partial charge in [0, 0.05) is 3.57 Å². The highest BCUT2D eigenvalue weighted by molar-refractivity contribution is 14.1. The molecule has 0 spiro atoms. The molecule has 98 valence electrons. The Morgan fingerprint density at radius 3 is 2.47 bits per heavy atom. The van der Waals surface area contributed by atoms with Crippen LogP contribution in [0.25, 0.3) is 11.6 Å². The molecular formula is C17H17IO. The topological polar surface area (TPSA) is 9.23 Å². The van der Waals surface area contributed by atoms with Crippen molar-refractivity contribution >= 4 is 34.2 Å². The van der Waals surface area contributed by atoms with Gasteiger partial charge in [0.05, 0.1) is 7.11 Å². The van der Waals surface area contributed by atoms with E-state index in [1.54, 1.807) is 7.11 Å². The van der Waals surface area contributed by atoms with Crippen LogP contribution < -0.4 is 4.74 Å². The van der Waals surface area contributed by atoms with Gasteiger partial charge in [0.25, 0.3) is 0 Å². The summed E-state index contributed by atoms with van der Waals surface area (Å²) in [7, 11) is 1.70. The summed E-state index contributed by atoms with van der Waals surface area (Å²) in [4.78, 5) is 0. The van der Waals surface area contributed by atoms with E-state index in [0.717, 1.165) is 12.2 Å². The SMILES string of the molecule is CC/C(=C\c1ccccc1)c1ccc(OC)cc1I. The molecule has 19 heavy (non-hydrogen) atoms. The van der Waals surface area contributed by atoms with E-state index in [1.807, 2.05) is 12.1 Å². The van der Waals surface area contributed by atoms with Crippen LogP contribution in [0, 0.1) is 3.57 Å². The Morgan fingerprint density at radius 1 is 1.16 bits per heavy atom. The molecule has 0 aliphatic rings. The number of methoxy groups -OCH3 is 1. The van der Waals surface area contributed by atoms with Crippen molar-refractivity contribution in [2.75, 3.05) is 7.11 Å². The van der Waals surface area contributed by atoms with Gasteiger partial charge < -0.3 is 4.74 Å². The van der Waals surface area contributed by atoms with Crippen molar-refractivity contribution in [2.24, 2.45) is 0 Å². The molecule has 0 radical (unpaired) electrons. The van der Waals surface area contributed by atoms with Crippen LogP contribution in [0.1, 0.15) is 24.5 Å². The van der Waals surface area contributed by atoms with Crippen molar-refractivity contribution < 1.29 is 4.74 Å². The fraction of sp³-hybridized carbons (Fsp3) is 0.176. The van der Waals surface area contributed by atoms with Crippen molar-refractivity contribution in [3.63, 3.8) is 0 Å². The van der Waals surface area contributed by atoms with Gasteiger partial charge in [-0.2, -0.15) is 0 Å². The third-order valence-corrected chi connectivity index (χ3v) is 3.94. The molecule has 0 saturated heterocycles. The maximum absolute atomic E-state index is 5.26. The minimum atomic E-state index is 0.906. The van der Waals surface area contributed by atoms with Crippen molar-refractivity contribution in [1.29, 1.82) is 0 Å². The van der Waals surface area contributed by atoms with Crippen LogP contribution in [-0.4, -0.2) is 7.11 Å². The summed E-state index contributed by atoms with van der Waals surface area (Å²) in [6.45, 7) is 2.19. The summed E-state index contributed by atoms with van der Waals surface area (Å²) in [6, 6.07) is 16.7. The van der Waals surface area contributed by atoms with E-state index in [-0.39, 0.29) is 0 Å². The molecule has 2 aromatic rings. The van der Waals surface area contributed by atoms with Gasteiger partial charge in [0.1, 0.15) is 5.75 Å². The van der Waals surface area contributed by atoms with Crippen LogP contribution in [0.3, 0.4) is 0 Å². The molecule has 0 aliphatic carbocycles. The minimum Gasteiger partial charge on any atom is -0.497 e. The number of benzene rings is 2. The normalized spacial score (nSPS) is 11.4. The Morgan fingerprint density at radius 2 is 1.89 bits per heavy atom. The van der Waals surface area contributed by atoms with E-state index in [4.69, 9.17) is 4.74 Å². The van der Waals surface area contributed by atoms with E-state index in [0.29, 0.717) is 0 Å². The summed E-state index contributed by atoms with van der Waals surface area (Å²) in [5.74, 6) is 0.906. The summed E-state index contributed by atoms with van der Waals surface area (Å²) < 4.78 is 6.48. The van der Waals surface area contributed by atoms with Crippen molar-refractivity contribution in [3.8, 4) is 5.75 Å². The number of halogens is 1. The average Bonchev–Trinajstić information content (AvgIpc) is 2.46. The van der Waals surface area contributed by atoms with Crippen LogP contribution in [0.15, 0.2) is 48.5 Å². The zero-order valence-electron chi connectivity index (χ0n) is 11.2. The van der Waals surface area contributed by atoms with Crippen molar-refractivity contribution in [1.82, 2.24) is 0 Å². The van der Waals surface area contributed by atoms with Gasteiger partial charge in [0.15, 0.2) is 0 Å². The number of hydrogen-bond donors (Lipinski definition) is 0. The van der Waals surface area contributed by atoms with E-state index >= 15 is 0 Å². The van der Waals surface area contributed by atoms with Gasteiger partial charge in [-0.05, 0) is 63.9 Å². The molecular weight excluding hydrogens is 347 g/mol. The summed E-state index contributed by atoms with van der Waals surface area (Å²) in [5.41, 5.74) is 3.87. The second-order valence-corrected chi connectivity index (χ2v) is 5.44. The highest BCUT2D eigenvalue weighted by atomic mass is 127. The fourth-order valence-electron chi connectivity index (χ4n) is 2.00. The van der Waals surface area contributed by atoms with Crippen molar-refractivity contribution in [2.45, 2.75) is 13.3 Å². The lowest BCUT2D eigenvalue weighted by Crippen LogP contribution is -1.90. The predicted octanol–water partition coefficient (Wildman–Crippen LogP) is 5.25. The number of hydrogen-bond acceptors (Lipinski definition) is 1. The highest BCUT2D eigenvalue weighted by Crippen LogP contribution is 2.28. The average molecular weight is 364 g/mol. The maximum Gasteiger partial charge on any atom is 0.119 e. The quantitative estimate of drug-likeness (QED) is 0.532. The Kier molecular flexibility index (Phi) is 5.02. The van der Waals surface area contributed by atoms with E-state index in [1.165, 1.54) is 20.3 Å². The Hall–Kier alpha value is -1.29. The summed E-state index contributed by atoms with van der Waals surface area (Å²) in [5, 5.41) is 0. The highest BCUT2D eigenvalue weighted by Gasteiger charge is 2.06. The Bertz CT molecular complexity index is 573. The van der Waals surface area contributed by atoms with E-state index < -0.39 is 0 Å². The van der Waals surface area contributed by atoms with Gasteiger partial charge in [-0.15, -0.1) is 0 Å². The minimum absolute atomic E-state index is 0.906. The molecule has 0 N–H and O–H groups in total. The molecule has 0 aromatic heterocycles. The van der Waals surface area contributed by atoms with E-state index in [2.05, 4.69) is 72.0 Å². The summed E-state index contributed by atoms with van der Waals surface area (Å²) in [6.07, 6.45) is 3.27. The smallest absolute Gasteiger partial charge is 0.119 e. The van der Waals surface area contributed by atoms with Gasteiger partial charge >= 0.3 is 0 Å². The van der Waals surface area contributed by atoms with Crippen LogP contribution in [0.5, 0.6) is 5.75 Å². The number of ether oxygens (including phenoxy) is 1. The lowest BCUT2D eigenvalue weighted by molar-refractivity contribution is 0.414. The van der Waals surface area contributed by atoms with Crippen LogP contribution in [0.2, 0.25) is 0 Å². The van der Waals surface area contributed by atoms with Gasteiger partial charge in [-0.1, -0.05) is 43.3 Å². The zero-order chi connectivity index (χ0) is 13.7. The first-order valence-corrected chi connectivity index (χ1v) is 7.42. The molecule has 0 atom stereocenters. The van der Waals surface area contributed by atoms with Crippen LogP contribution in [-0.2, 0) is 0 Å². The Labute approximate surface area is 128 Å². The largest absolute Gasteiger partial charge is 0.497 e.